The number of H-pyrrole nitrogens is 1. The van der Waals surface area contributed by atoms with Crippen LogP contribution in [0.5, 0.6) is 0 Å². The Morgan fingerprint density at radius 3 is 2.57 bits per heavy atom. The van der Waals surface area contributed by atoms with Gasteiger partial charge in [-0.3, -0.25) is 4.79 Å². The van der Waals surface area contributed by atoms with Crippen molar-refractivity contribution in [2.24, 2.45) is 0 Å². The first-order valence-corrected chi connectivity index (χ1v) is 11.3. The van der Waals surface area contributed by atoms with Gasteiger partial charge in [0, 0.05) is 31.3 Å². The summed E-state index contributed by atoms with van der Waals surface area (Å²) in [6.45, 7) is 2.36. The van der Waals surface area contributed by atoms with Crippen molar-refractivity contribution in [2.75, 3.05) is 6.54 Å². The molecule has 0 saturated carbocycles. The Hall–Kier alpha value is -3.03. The summed E-state index contributed by atoms with van der Waals surface area (Å²) in [5, 5.41) is 1.20. The van der Waals surface area contributed by atoms with Crippen LogP contribution in [0.3, 0.4) is 0 Å². The van der Waals surface area contributed by atoms with Gasteiger partial charge in [0.25, 0.3) is 5.56 Å². The number of aryl methyl sites for hydroxylation is 1. The molecule has 3 aromatic rings. The molecule has 30 heavy (non-hydrogen) atoms. The van der Waals surface area contributed by atoms with Gasteiger partial charge >= 0.3 is 0 Å². The van der Waals surface area contributed by atoms with E-state index in [1.54, 1.807) is 6.08 Å². The lowest BCUT2D eigenvalue weighted by Crippen LogP contribution is -2.39. The SMILES string of the molecule is Cc1ccc(Cc2nc3c(c(=O)[nH]2)CN(S(=O)(=O)C=Cc2ccccc2)CC3)cc1. The Labute approximate surface area is 176 Å². The van der Waals surface area contributed by atoms with Crippen molar-refractivity contribution in [1.29, 1.82) is 0 Å². The molecule has 0 amide bonds. The minimum absolute atomic E-state index is 0.0317. The number of aromatic nitrogens is 2. The first kappa shape index (κ1) is 20.3. The quantitative estimate of drug-likeness (QED) is 0.686. The molecule has 0 radical (unpaired) electrons. The van der Waals surface area contributed by atoms with Crippen molar-refractivity contribution in [3.8, 4) is 0 Å². The Balaban J connectivity index is 1.53. The maximum Gasteiger partial charge on any atom is 0.255 e. The highest BCUT2D eigenvalue weighted by atomic mass is 32.2. The van der Waals surface area contributed by atoms with Crippen molar-refractivity contribution in [1.82, 2.24) is 14.3 Å². The number of hydrogen-bond donors (Lipinski definition) is 1. The number of aromatic amines is 1. The smallest absolute Gasteiger partial charge is 0.255 e. The van der Waals surface area contributed by atoms with E-state index in [1.807, 2.05) is 61.5 Å². The fourth-order valence-corrected chi connectivity index (χ4v) is 4.62. The molecular formula is C23H23N3O3S. The number of sulfonamides is 1. The molecule has 4 rings (SSSR count). The topological polar surface area (TPSA) is 83.1 Å². The van der Waals surface area contributed by atoms with E-state index in [9.17, 15) is 13.2 Å². The summed E-state index contributed by atoms with van der Waals surface area (Å²) in [5.41, 5.74) is 3.88. The summed E-state index contributed by atoms with van der Waals surface area (Å²) in [6.07, 6.45) is 2.52. The van der Waals surface area contributed by atoms with Crippen molar-refractivity contribution in [2.45, 2.75) is 26.3 Å². The molecule has 7 heteroatoms. The van der Waals surface area contributed by atoms with Crippen LogP contribution in [-0.2, 0) is 29.4 Å². The highest BCUT2D eigenvalue weighted by Crippen LogP contribution is 2.19. The van der Waals surface area contributed by atoms with Gasteiger partial charge < -0.3 is 4.98 Å². The van der Waals surface area contributed by atoms with Crippen molar-refractivity contribution < 1.29 is 8.42 Å². The van der Waals surface area contributed by atoms with Gasteiger partial charge in [-0.2, -0.15) is 4.31 Å². The first-order chi connectivity index (χ1) is 14.4. The number of hydrogen-bond acceptors (Lipinski definition) is 4. The van der Waals surface area contributed by atoms with Crippen LogP contribution in [0.4, 0.5) is 0 Å². The summed E-state index contributed by atoms with van der Waals surface area (Å²) >= 11 is 0. The standard InChI is InChI=1S/C23H23N3O3S/c1-17-7-9-19(10-8-17)15-22-24-21-11-13-26(16-20(21)23(27)25-22)30(28,29)14-12-18-5-3-2-4-6-18/h2-10,12,14H,11,13,15-16H2,1H3,(H,24,25,27). The highest BCUT2D eigenvalue weighted by molar-refractivity contribution is 7.92. The zero-order valence-electron chi connectivity index (χ0n) is 16.7. The Morgan fingerprint density at radius 2 is 1.83 bits per heavy atom. The zero-order chi connectivity index (χ0) is 21.1. The molecule has 0 saturated heterocycles. The second-order valence-corrected chi connectivity index (χ2v) is 9.26. The molecule has 0 unspecified atom stereocenters. The van der Waals surface area contributed by atoms with Crippen LogP contribution in [0, 0.1) is 6.92 Å². The third-order valence-corrected chi connectivity index (χ3v) is 6.68. The number of rotatable bonds is 5. The van der Waals surface area contributed by atoms with Gasteiger partial charge in [-0.25, -0.2) is 13.4 Å². The molecule has 2 aromatic carbocycles. The van der Waals surface area contributed by atoms with E-state index in [0.717, 1.165) is 11.1 Å². The molecule has 0 spiro atoms. The molecule has 0 fully saturated rings. The minimum Gasteiger partial charge on any atom is -0.310 e. The zero-order valence-corrected chi connectivity index (χ0v) is 17.5. The summed E-state index contributed by atoms with van der Waals surface area (Å²) < 4.78 is 26.8. The van der Waals surface area contributed by atoms with Crippen molar-refractivity contribution in [3.63, 3.8) is 0 Å². The average Bonchev–Trinajstić information content (AvgIpc) is 2.74. The van der Waals surface area contributed by atoms with Gasteiger partial charge in [-0.1, -0.05) is 60.2 Å². The fraction of sp³-hybridized carbons (Fsp3) is 0.217. The van der Waals surface area contributed by atoms with E-state index in [1.165, 1.54) is 15.3 Å². The minimum atomic E-state index is -3.63. The third kappa shape index (κ3) is 4.58. The molecule has 0 atom stereocenters. The van der Waals surface area contributed by atoms with Crippen LogP contribution >= 0.6 is 0 Å². The van der Waals surface area contributed by atoms with Crippen LogP contribution < -0.4 is 5.56 Å². The van der Waals surface area contributed by atoms with Crippen LogP contribution in [0.1, 0.15) is 33.8 Å². The Kier molecular flexibility index (Phi) is 5.65. The maximum atomic E-state index is 12.7. The van der Waals surface area contributed by atoms with Crippen molar-refractivity contribution >= 4 is 16.1 Å². The van der Waals surface area contributed by atoms with Crippen molar-refractivity contribution in [3.05, 3.63) is 104 Å². The lowest BCUT2D eigenvalue weighted by molar-refractivity contribution is 0.390. The summed E-state index contributed by atoms with van der Waals surface area (Å²) in [4.78, 5) is 20.1. The second-order valence-electron chi connectivity index (χ2n) is 7.44. The van der Waals surface area contributed by atoms with Gasteiger partial charge in [-0.05, 0) is 24.1 Å². The molecule has 2 heterocycles. The molecule has 1 aliphatic rings. The first-order valence-electron chi connectivity index (χ1n) is 9.80. The van der Waals surface area contributed by atoms with Gasteiger partial charge in [0.2, 0.25) is 10.0 Å². The second kappa shape index (κ2) is 8.38. The monoisotopic (exact) mass is 421 g/mol. The molecule has 6 nitrogen and oxygen atoms in total. The molecule has 1 N–H and O–H groups in total. The van der Waals surface area contributed by atoms with E-state index in [4.69, 9.17) is 0 Å². The van der Waals surface area contributed by atoms with E-state index in [-0.39, 0.29) is 12.1 Å². The summed E-state index contributed by atoms with van der Waals surface area (Å²) in [7, 11) is -3.63. The lowest BCUT2D eigenvalue weighted by Gasteiger charge is -2.25. The van der Waals surface area contributed by atoms with Crippen LogP contribution in [-0.4, -0.2) is 29.2 Å². The predicted octanol–water partition coefficient (Wildman–Crippen LogP) is 3.03. The van der Waals surface area contributed by atoms with Gasteiger partial charge in [0.1, 0.15) is 5.82 Å². The highest BCUT2D eigenvalue weighted by Gasteiger charge is 2.27. The number of benzene rings is 2. The predicted molar refractivity (Wildman–Crippen MR) is 117 cm³/mol. The summed E-state index contributed by atoms with van der Waals surface area (Å²) in [5.74, 6) is 0.600. The fourth-order valence-electron chi connectivity index (χ4n) is 3.47. The third-order valence-electron chi connectivity index (χ3n) is 5.17. The average molecular weight is 422 g/mol. The van der Waals surface area contributed by atoms with Gasteiger partial charge in [0.15, 0.2) is 0 Å². The van der Waals surface area contributed by atoms with Crippen LogP contribution in [0.2, 0.25) is 0 Å². The molecule has 0 bridgehead atoms. The lowest BCUT2D eigenvalue weighted by atomic mass is 10.1. The number of fused-ring (bicyclic) bond motifs is 1. The molecular weight excluding hydrogens is 398 g/mol. The summed E-state index contributed by atoms with van der Waals surface area (Å²) in [6, 6.07) is 17.3. The van der Waals surface area contributed by atoms with E-state index >= 15 is 0 Å². The van der Waals surface area contributed by atoms with Gasteiger partial charge in [-0.15, -0.1) is 0 Å². The molecule has 0 aliphatic carbocycles. The molecule has 1 aromatic heterocycles. The van der Waals surface area contributed by atoms with E-state index < -0.39 is 10.0 Å². The Morgan fingerprint density at radius 1 is 1.10 bits per heavy atom. The number of nitrogens with one attached hydrogen (secondary N) is 1. The number of nitrogens with zero attached hydrogens (tertiary/aromatic N) is 2. The maximum absolute atomic E-state index is 12.7. The van der Waals surface area contributed by atoms with E-state index in [2.05, 4.69) is 9.97 Å². The normalized spacial score (nSPS) is 14.7. The molecule has 154 valence electrons. The largest absolute Gasteiger partial charge is 0.310 e. The van der Waals surface area contributed by atoms with Gasteiger partial charge in [0.05, 0.1) is 11.3 Å². The molecule has 1 aliphatic heterocycles. The van der Waals surface area contributed by atoms with Crippen LogP contribution in [0.25, 0.3) is 6.08 Å². The Bertz CT molecular complexity index is 1230. The van der Waals surface area contributed by atoms with Crippen LogP contribution in [0.15, 0.2) is 64.8 Å². The van der Waals surface area contributed by atoms with E-state index in [0.29, 0.717) is 36.5 Å².